The molecule has 25 heavy (non-hydrogen) atoms. The zero-order valence-corrected chi connectivity index (χ0v) is 15.2. The van der Waals surface area contributed by atoms with E-state index in [0.29, 0.717) is 12.4 Å². The number of ether oxygens (including phenoxy) is 1. The maximum absolute atomic E-state index is 14.8. The van der Waals surface area contributed by atoms with Gasteiger partial charge in [0.25, 0.3) is 0 Å². The van der Waals surface area contributed by atoms with E-state index >= 15 is 0 Å². The van der Waals surface area contributed by atoms with E-state index in [0.717, 1.165) is 58.2 Å². The van der Waals surface area contributed by atoms with Crippen LogP contribution in [0.15, 0.2) is 18.3 Å². The Morgan fingerprint density at radius 2 is 2.12 bits per heavy atom. The summed E-state index contributed by atoms with van der Waals surface area (Å²) in [5.41, 5.74) is 7.39. The summed E-state index contributed by atoms with van der Waals surface area (Å²) in [6, 6.07) is 3.74. The lowest BCUT2D eigenvalue weighted by molar-refractivity contribution is 0.273. The number of rotatable bonds is 2. The minimum absolute atomic E-state index is 0.254. The molecule has 1 aliphatic rings. The molecule has 4 heteroatoms. The summed E-state index contributed by atoms with van der Waals surface area (Å²) < 4.78 is 22.4. The van der Waals surface area contributed by atoms with Crippen molar-refractivity contribution in [1.82, 2.24) is 9.55 Å². The summed E-state index contributed by atoms with van der Waals surface area (Å²) in [5, 5.41) is 1.09. The largest absolute Gasteiger partial charge is 0.490 e. The zero-order chi connectivity index (χ0) is 17.7. The highest BCUT2D eigenvalue weighted by molar-refractivity contribution is 5.97. The molecule has 0 atom stereocenters. The molecule has 3 aromatic rings. The first-order valence-corrected chi connectivity index (χ1v) is 8.92. The van der Waals surface area contributed by atoms with Crippen LogP contribution < -0.4 is 4.74 Å². The second-order valence-electron chi connectivity index (χ2n) is 6.86. The Morgan fingerprint density at radius 3 is 2.88 bits per heavy atom. The third-order valence-corrected chi connectivity index (χ3v) is 5.38. The third kappa shape index (κ3) is 2.35. The molecule has 1 aliphatic heterocycles. The fourth-order valence-electron chi connectivity index (χ4n) is 4.08. The van der Waals surface area contributed by atoms with Crippen molar-refractivity contribution in [3.8, 4) is 16.9 Å². The summed E-state index contributed by atoms with van der Waals surface area (Å²) in [5.74, 6) is 0.191. The van der Waals surface area contributed by atoms with Gasteiger partial charge in [0.15, 0.2) is 11.6 Å². The zero-order valence-electron chi connectivity index (χ0n) is 15.2. The van der Waals surface area contributed by atoms with E-state index in [1.807, 2.05) is 24.7 Å². The third-order valence-electron chi connectivity index (χ3n) is 5.38. The number of aromatic nitrogens is 2. The Kier molecular flexibility index (Phi) is 3.78. The molecule has 0 unspecified atom stereocenters. The summed E-state index contributed by atoms with van der Waals surface area (Å²) in [6.07, 6.45) is 4.70. The fraction of sp³-hybridized carbons (Fsp3) is 0.381. The summed E-state index contributed by atoms with van der Waals surface area (Å²) in [6.45, 7) is 6.87. The highest BCUT2D eigenvalue weighted by atomic mass is 19.1. The monoisotopic (exact) mass is 338 g/mol. The van der Waals surface area contributed by atoms with Gasteiger partial charge in [-0.1, -0.05) is 6.92 Å². The number of halogens is 1. The van der Waals surface area contributed by atoms with Crippen LogP contribution >= 0.6 is 0 Å². The molecule has 0 fully saturated rings. The van der Waals surface area contributed by atoms with E-state index in [9.17, 15) is 4.39 Å². The van der Waals surface area contributed by atoms with Crippen LogP contribution in [0.5, 0.6) is 5.75 Å². The molecule has 0 radical (unpaired) electrons. The molecule has 0 N–H and O–H groups in total. The average molecular weight is 338 g/mol. The van der Waals surface area contributed by atoms with Crippen molar-refractivity contribution in [3.05, 3.63) is 46.5 Å². The molecule has 3 heterocycles. The van der Waals surface area contributed by atoms with E-state index in [4.69, 9.17) is 9.72 Å². The molecule has 0 saturated carbocycles. The first-order chi connectivity index (χ1) is 12.0. The lowest BCUT2D eigenvalue weighted by atomic mass is 9.88. The van der Waals surface area contributed by atoms with Gasteiger partial charge in [-0.3, -0.25) is 0 Å². The SMILES string of the molecule is CCc1c(C)nc2c(ccn2C)c1-c1cc(F)c2c(c1C)CCCO2. The minimum atomic E-state index is -0.254. The van der Waals surface area contributed by atoms with Crippen molar-refractivity contribution < 1.29 is 9.13 Å². The van der Waals surface area contributed by atoms with Crippen LogP contribution in [-0.4, -0.2) is 16.2 Å². The number of nitrogens with zero attached hydrogens (tertiary/aromatic N) is 2. The number of hydrogen-bond acceptors (Lipinski definition) is 2. The number of hydrogen-bond donors (Lipinski definition) is 0. The van der Waals surface area contributed by atoms with Gasteiger partial charge in [0.1, 0.15) is 5.65 Å². The number of pyridine rings is 1. The van der Waals surface area contributed by atoms with Gasteiger partial charge in [-0.05, 0) is 67.5 Å². The molecule has 2 aromatic heterocycles. The lowest BCUT2D eigenvalue weighted by Crippen LogP contribution is -2.12. The quantitative estimate of drug-likeness (QED) is 0.665. The molecule has 0 amide bonds. The minimum Gasteiger partial charge on any atom is -0.490 e. The molecule has 4 rings (SSSR count). The molecule has 0 spiro atoms. The van der Waals surface area contributed by atoms with Crippen LogP contribution in [0.3, 0.4) is 0 Å². The highest BCUT2D eigenvalue weighted by Crippen LogP contribution is 2.41. The van der Waals surface area contributed by atoms with Crippen molar-refractivity contribution in [3.63, 3.8) is 0 Å². The fourth-order valence-corrected chi connectivity index (χ4v) is 4.08. The van der Waals surface area contributed by atoms with E-state index in [1.54, 1.807) is 6.07 Å². The van der Waals surface area contributed by atoms with Crippen LogP contribution in [0.1, 0.15) is 35.7 Å². The lowest BCUT2D eigenvalue weighted by Gasteiger charge is -2.23. The van der Waals surface area contributed by atoms with E-state index in [-0.39, 0.29) is 5.82 Å². The summed E-state index contributed by atoms with van der Waals surface area (Å²) >= 11 is 0. The molecule has 1 aromatic carbocycles. The Hall–Kier alpha value is -2.36. The van der Waals surface area contributed by atoms with Crippen molar-refractivity contribution in [1.29, 1.82) is 0 Å². The summed E-state index contributed by atoms with van der Waals surface area (Å²) in [7, 11) is 2.00. The normalized spacial score (nSPS) is 13.8. The molecular formula is C21H23FN2O. The molecular weight excluding hydrogens is 315 g/mol. The molecule has 0 aliphatic carbocycles. The smallest absolute Gasteiger partial charge is 0.165 e. The Bertz CT molecular complexity index is 988. The van der Waals surface area contributed by atoms with Crippen molar-refractivity contribution in [2.24, 2.45) is 7.05 Å². The first kappa shape index (κ1) is 16.1. The Labute approximate surface area is 147 Å². The van der Waals surface area contributed by atoms with Gasteiger partial charge in [-0.2, -0.15) is 0 Å². The van der Waals surface area contributed by atoms with Crippen molar-refractivity contribution in [2.75, 3.05) is 6.61 Å². The van der Waals surface area contributed by atoms with Gasteiger partial charge in [-0.15, -0.1) is 0 Å². The van der Waals surface area contributed by atoms with Crippen LogP contribution in [0.4, 0.5) is 4.39 Å². The van der Waals surface area contributed by atoms with Crippen LogP contribution in [0, 0.1) is 19.7 Å². The maximum atomic E-state index is 14.8. The Morgan fingerprint density at radius 1 is 1.32 bits per heavy atom. The molecule has 0 saturated heterocycles. The van der Waals surface area contributed by atoms with Crippen molar-refractivity contribution >= 4 is 11.0 Å². The van der Waals surface area contributed by atoms with Crippen LogP contribution in [-0.2, 0) is 19.9 Å². The van der Waals surface area contributed by atoms with Gasteiger partial charge < -0.3 is 9.30 Å². The molecule has 0 bridgehead atoms. The van der Waals surface area contributed by atoms with Gasteiger partial charge in [-0.25, -0.2) is 9.37 Å². The van der Waals surface area contributed by atoms with E-state index in [1.165, 1.54) is 5.56 Å². The first-order valence-electron chi connectivity index (χ1n) is 8.92. The van der Waals surface area contributed by atoms with Gasteiger partial charge >= 0.3 is 0 Å². The molecule has 130 valence electrons. The second-order valence-corrected chi connectivity index (χ2v) is 6.86. The predicted molar refractivity (Wildman–Crippen MR) is 98.8 cm³/mol. The average Bonchev–Trinajstić information content (AvgIpc) is 2.98. The molecule has 3 nitrogen and oxygen atoms in total. The predicted octanol–water partition coefficient (Wildman–Crippen LogP) is 4.88. The van der Waals surface area contributed by atoms with Crippen molar-refractivity contribution in [2.45, 2.75) is 40.0 Å². The van der Waals surface area contributed by atoms with Gasteiger partial charge in [0, 0.05) is 29.9 Å². The van der Waals surface area contributed by atoms with Gasteiger partial charge in [0.05, 0.1) is 6.61 Å². The number of fused-ring (bicyclic) bond motifs is 2. The van der Waals surface area contributed by atoms with Crippen LogP contribution in [0.25, 0.3) is 22.2 Å². The van der Waals surface area contributed by atoms with Crippen LogP contribution in [0.2, 0.25) is 0 Å². The second kappa shape index (κ2) is 5.87. The Balaban J connectivity index is 2.10. The number of aryl methyl sites for hydroxylation is 2. The van der Waals surface area contributed by atoms with E-state index < -0.39 is 0 Å². The van der Waals surface area contributed by atoms with Gasteiger partial charge in [0.2, 0.25) is 0 Å². The topological polar surface area (TPSA) is 27.1 Å². The standard InChI is InChI=1S/C21H23FN2O/c1-5-14-13(3)23-21-16(8-9-24(21)4)19(14)17-11-18(22)20-15(12(17)2)7-6-10-25-20/h8-9,11H,5-7,10H2,1-4H3. The maximum Gasteiger partial charge on any atom is 0.165 e. The van der Waals surface area contributed by atoms with E-state index in [2.05, 4.69) is 19.9 Å². The highest BCUT2D eigenvalue weighted by Gasteiger charge is 2.24. The summed E-state index contributed by atoms with van der Waals surface area (Å²) in [4.78, 5) is 4.78. The number of benzene rings is 1.